The molecule has 0 radical (unpaired) electrons. The van der Waals surface area contributed by atoms with E-state index in [1.807, 2.05) is 55.4 Å². The zero-order valence-electron chi connectivity index (χ0n) is 18.1. The number of ether oxygens (including phenoxy) is 2. The third-order valence-corrected chi connectivity index (χ3v) is 6.64. The molecule has 3 heterocycles. The lowest BCUT2D eigenvalue weighted by atomic mass is 9.86. The minimum Gasteiger partial charge on any atom is -0.444 e. The van der Waals surface area contributed by atoms with Crippen LogP contribution >= 0.6 is 11.3 Å². The van der Waals surface area contributed by atoms with Crippen molar-refractivity contribution in [3.05, 3.63) is 10.7 Å². The van der Waals surface area contributed by atoms with Crippen LogP contribution in [0.5, 0.6) is 0 Å². The lowest BCUT2D eigenvalue weighted by molar-refractivity contribution is -0.0331. The third kappa shape index (κ3) is 4.22. The molecule has 1 aromatic heterocycles. The predicted molar refractivity (Wildman–Crippen MR) is 109 cm³/mol. The van der Waals surface area contributed by atoms with Crippen LogP contribution in [0.25, 0.3) is 0 Å². The van der Waals surface area contributed by atoms with Gasteiger partial charge < -0.3 is 18.8 Å². The highest BCUT2D eigenvalue weighted by Crippen LogP contribution is 2.38. The molecule has 7 nitrogen and oxygen atoms in total. The second-order valence-corrected chi connectivity index (χ2v) is 10.4. The molecule has 28 heavy (non-hydrogen) atoms. The van der Waals surface area contributed by atoms with Crippen molar-refractivity contribution in [2.75, 3.05) is 19.8 Å². The summed E-state index contributed by atoms with van der Waals surface area (Å²) in [5, 5.41) is 0.813. The molecule has 1 amide bonds. The van der Waals surface area contributed by atoms with Gasteiger partial charge in [0.15, 0.2) is 0 Å². The zero-order chi connectivity index (χ0) is 20.9. The van der Waals surface area contributed by atoms with Crippen LogP contribution in [0.3, 0.4) is 0 Å². The first-order chi connectivity index (χ1) is 12.8. The van der Waals surface area contributed by atoms with E-state index in [1.165, 1.54) is 11.3 Å². The van der Waals surface area contributed by atoms with Gasteiger partial charge in [-0.05, 0) is 55.4 Å². The molecule has 3 rings (SSSR count). The average molecular weight is 410 g/mol. The fourth-order valence-corrected chi connectivity index (χ4v) is 4.21. The Kier molecular flexibility index (Phi) is 5.60. The maximum Gasteiger partial charge on any atom is 0.507 e. The highest BCUT2D eigenvalue weighted by molar-refractivity contribution is 7.22. The van der Waals surface area contributed by atoms with Gasteiger partial charge in [-0.1, -0.05) is 0 Å². The highest BCUT2D eigenvalue weighted by Gasteiger charge is 2.53. The highest BCUT2D eigenvalue weighted by atomic mass is 32.1. The Morgan fingerprint density at radius 2 is 1.86 bits per heavy atom. The first kappa shape index (κ1) is 21.6. The Hall–Kier alpha value is -1.16. The van der Waals surface area contributed by atoms with E-state index in [0.29, 0.717) is 19.8 Å². The van der Waals surface area contributed by atoms with E-state index in [4.69, 9.17) is 23.8 Å². The molecular weight excluding hydrogens is 379 g/mol. The summed E-state index contributed by atoms with van der Waals surface area (Å²) in [6.45, 7) is 17.0. The lowest BCUT2D eigenvalue weighted by Gasteiger charge is -2.35. The quantitative estimate of drug-likeness (QED) is 0.698. The Bertz CT molecular complexity index is 727. The Labute approximate surface area is 171 Å². The van der Waals surface area contributed by atoms with Crippen LogP contribution in [0.4, 0.5) is 4.79 Å². The normalized spacial score (nSPS) is 24.5. The van der Waals surface area contributed by atoms with E-state index in [2.05, 4.69) is 0 Å². The largest absolute Gasteiger partial charge is 0.507 e. The Morgan fingerprint density at radius 3 is 2.43 bits per heavy atom. The van der Waals surface area contributed by atoms with Crippen LogP contribution in [-0.4, -0.2) is 59.7 Å². The van der Waals surface area contributed by atoms with E-state index >= 15 is 0 Å². The van der Waals surface area contributed by atoms with Crippen molar-refractivity contribution in [1.82, 2.24) is 9.88 Å². The smallest absolute Gasteiger partial charge is 0.444 e. The van der Waals surface area contributed by atoms with Crippen molar-refractivity contribution in [2.45, 2.75) is 78.2 Å². The number of aryl methyl sites for hydroxylation is 1. The monoisotopic (exact) mass is 410 g/mol. The van der Waals surface area contributed by atoms with Gasteiger partial charge in [0.2, 0.25) is 0 Å². The standard InChI is InChI=1S/C19H31BN2O5S/c1-12-14(20-26-18(5,6)19(7,8)27-20)28-15(21-12)13-11-24-10-9-22(13)16(23)25-17(2,3)4/h13H,9-11H2,1-8H3. The van der Waals surface area contributed by atoms with E-state index in [0.717, 1.165) is 15.5 Å². The maximum atomic E-state index is 12.7. The molecule has 2 aliphatic rings. The van der Waals surface area contributed by atoms with Crippen molar-refractivity contribution in [3.8, 4) is 0 Å². The van der Waals surface area contributed by atoms with Crippen LogP contribution in [-0.2, 0) is 18.8 Å². The van der Waals surface area contributed by atoms with Gasteiger partial charge in [-0.3, -0.25) is 4.90 Å². The summed E-state index contributed by atoms with van der Waals surface area (Å²) in [6.07, 6.45) is -0.342. The number of nitrogens with zero attached hydrogens (tertiary/aromatic N) is 2. The van der Waals surface area contributed by atoms with E-state index < -0.39 is 23.9 Å². The van der Waals surface area contributed by atoms with Crippen molar-refractivity contribution in [2.24, 2.45) is 0 Å². The summed E-state index contributed by atoms with van der Waals surface area (Å²) in [5.41, 5.74) is -0.518. The molecule has 2 aliphatic heterocycles. The topological polar surface area (TPSA) is 70.1 Å². The number of morpholine rings is 1. The van der Waals surface area contributed by atoms with E-state index in [9.17, 15) is 4.79 Å². The van der Waals surface area contributed by atoms with Crippen LogP contribution < -0.4 is 4.78 Å². The van der Waals surface area contributed by atoms with Gasteiger partial charge in [0.1, 0.15) is 16.7 Å². The van der Waals surface area contributed by atoms with Gasteiger partial charge in [-0.25, -0.2) is 9.78 Å². The SMILES string of the molecule is Cc1nc(C2COCCN2C(=O)OC(C)(C)C)sc1B1OC(C)(C)C(C)(C)O1. The summed E-state index contributed by atoms with van der Waals surface area (Å²) in [4.78, 5) is 19.1. The Morgan fingerprint density at radius 1 is 1.25 bits per heavy atom. The van der Waals surface area contributed by atoms with Crippen LogP contribution in [0.1, 0.15) is 65.2 Å². The summed E-state index contributed by atoms with van der Waals surface area (Å²) < 4.78 is 24.5. The number of thiazole rings is 1. The molecule has 0 saturated carbocycles. The molecule has 2 saturated heterocycles. The first-order valence-electron chi connectivity index (χ1n) is 9.71. The molecule has 1 aromatic rings. The summed E-state index contributed by atoms with van der Waals surface area (Å²) in [7, 11) is -0.462. The second kappa shape index (κ2) is 7.27. The lowest BCUT2D eigenvalue weighted by Crippen LogP contribution is -2.45. The van der Waals surface area contributed by atoms with Crippen molar-refractivity contribution < 1.29 is 23.6 Å². The molecule has 1 atom stereocenters. The second-order valence-electron chi connectivity index (χ2n) is 9.35. The number of carbonyl (C=O) groups is 1. The molecule has 0 aliphatic carbocycles. The zero-order valence-corrected chi connectivity index (χ0v) is 18.9. The number of hydrogen-bond donors (Lipinski definition) is 0. The van der Waals surface area contributed by atoms with Gasteiger partial charge in [-0.2, -0.15) is 0 Å². The fourth-order valence-electron chi connectivity index (χ4n) is 3.09. The van der Waals surface area contributed by atoms with Gasteiger partial charge in [0, 0.05) is 12.2 Å². The number of amides is 1. The summed E-state index contributed by atoms with van der Waals surface area (Å²) in [5.74, 6) is 0. The molecule has 0 spiro atoms. The van der Waals surface area contributed by atoms with Gasteiger partial charge in [-0.15, -0.1) is 11.3 Å². The molecular formula is C19H31BN2O5S. The minimum atomic E-state index is -0.549. The minimum absolute atomic E-state index is 0.275. The third-order valence-electron chi connectivity index (χ3n) is 5.36. The summed E-state index contributed by atoms with van der Waals surface area (Å²) in [6, 6.07) is -0.275. The van der Waals surface area contributed by atoms with Crippen molar-refractivity contribution in [1.29, 1.82) is 0 Å². The molecule has 9 heteroatoms. The molecule has 0 N–H and O–H groups in total. The number of hydrogen-bond acceptors (Lipinski definition) is 7. The van der Waals surface area contributed by atoms with Crippen LogP contribution in [0, 0.1) is 6.92 Å². The van der Waals surface area contributed by atoms with Crippen molar-refractivity contribution in [3.63, 3.8) is 0 Å². The van der Waals surface area contributed by atoms with Gasteiger partial charge >= 0.3 is 13.2 Å². The predicted octanol–water partition coefficient (Wildman–Crippen LogP) is 3.06. The van der Waals surface area contributed by atoms with E-state index in [-0.39, 0.29) is 12.1 Å². The van der Waals surface area contributed by atoms with Crippen molar-refractivity contribution >= 4 is 29.3 Å². The fraction of sp³-hybridized carbons (Fsp3) is 0.789. The van der Waals surface area contributed by atoms with Crippen LogP contribution in [0.15, 0.2) is 0 Å². The average Bonchev–Trinajstić information content (AvgIpc) is 3.03. The molecule has 1 unspecified atom stereocenters. The Balaban J connectivity index is 1.84. The molecule has 2 fully saturated rings. The number of aromatic nitrogens is 1. The van der Waals surface area contributed by atoms with Gasteiger partial charge in [0.05, 0.1) is 29.2 Å². The molecule has 156 valence electrons. The van der Waals surface area contributed by atoms with Gasteiger partial charge in [0.25, 0.3) is 0 Å². The number of rotatable bonds is 2. The maximum absolute atomic E-state index is 12.7. The molecule has 0 bridgehead atoms. The molecule has 0 aromatic carbocycles. The number of carbonyl (C=O) groups excluding carboxylic acids is 1. The summed E-state index contributed by atoms with van der Waals surface area (Å²) >= 11 is 1.51. The first-order valence-corrected chi connectivity index (χ1v) is 10.5. The van der Waals surface area contributed by atoms with Crippen LogP contribution in [0.2, 0.25) is 0 Å². The van der Waals surface area contributed by atoms with E-state index in [1.54, 1.807) is 4.90 Å².